The maximum absolute atomic E-state index is 4.85. The van der Waals surface area contributed by atoms with E-state index >= 15 is 0 Å². The van der Waals surface area contributed by atoms with E-state index in [0.29, 0.717) is 0 Å². The van der Waals surface area contributed by atoms with Crippen LogP contribution in [0.3, 0.4) is 0 Å². The van der Waals surface area contributed by atoms with E-state index < -0.39 is 0 Å². The number of hydrogen-bond donors (Lipinski definition) is 5. The van der Waals surface area contributed by atoms with Crippen molar-refractivity contribution in [1.29, 1.82) is 0 Å². The fourth-order valence-corrected chi connectivity index (χ4v) is 3.71. The number of nitrogens with zero attached hydrogens (tertiary/aromatic N) is 1. The molecule has 6 nitrogen and oxygen atoms in total. The third-order valence-corrected chi connectivity index (χ3v) is 5.31. The number of nitrogens with one attached hydrogen (secondary N) is 5. The van der Waals surface area contributed by atoms with Gasteiger partial charge in [0.2, 0.25) is 0 Å². The average Bonchev–Trinajstić information content (AvgIpc) is 2.74. The summed E-state index contributed by atoms with van der Waals surface area (Å²) in [5.41, 5.74) is 4.71. The first kappa shape index (κ1) is 20.2. The third-order valence-electron chi connectivity index (χ3n) is 5.31. The molecule has 4 bridgehead atoms. The minimum absolute atomic E-state index is 0.879. The molecular formula is C23H32N6. The fourth-order valence-electron chi connectivity index (χ4n) is 3.71. The van der Waals surface area contributed by atoms with Gasteiger partial charge in [-0.3, -0.25) is 0 Å². The van der Waals surface area contributed by atoms with Crippen molar-refractivity contribution < 1.29 is 0 Å². The van der Waals surface area contributed by atoms with Crippen LogP contribution in [0, 0.1) is 0 Å². The number of benzene rings is 2. The first-order valence-corrected chi connectivity index (χ1v) is 10.7. The summed E-state index contributed by atoms with van der Waals surface area (Å²) < 4.78 is 0. The Bertz CT molecular complexity index is 855. The molecule has 0 radical (unpaired) electrons. The largest absolute Gasteiger partial charge is 0.314 e. The Hall–Kier alpha value is -2.09. The fraction of sp³-hybridized carbons (Fsp3) is 0.435. The molecule has 0 saturated heterocycles. The monoisotopic (exact) mass is 392 g/mol. The van der Waals surface area contributed by atoms with Crippen LogP contribution in [-0.2, 0) is 13.1 Å². The molecule has 0 atom stereocenters. The van der Waals surface area contributed by atoms with Crippen molar-refractivity contribution in [3.05, 3.63) is 53.6 Å². The second kappa shape index (κ2) is 10.6. The Morgan fingerprint density at radius 2 is 0.897 bits per heavy atom. The topological polar surface area (TPSA) is 73.0 Å². The molecule has 6 heteroatoms. The van der Waals surface area contributed by atoms with E-state index in [0.717, 1.165) is 76.5 Å². The summed E-state index contributed by atoms with van der Waals surface area (Å²) in [6.07, 6.45) is 0. The van der Waals surface area contributed by atoms with Crippen LogP contribution in [-0.4, -0.2) is 57.3 Å². The molecule has 29 heavy (non-hydrogen) atoms. The van der Waals surface area contributed by atoms with E-state index in [9.17, 15) is 0 Å². The van der Waals surface area contributed by atoms with E-state index in [2.05, 4.69) is 69.0 Å². The van der Waals surface area contributed by atoms with Gasteiger partial charge in [-0.2, -0.15) is 0 Å². The number of aromatic nitrogens is 1. The predicted octanol–water partition coefficient (Wildman–Crippen LogP) is 1.35. The second-order valence-corrected chi connectivity index (χ2v) is 7.65. The van der Waals surface area contributed by atoms with Crippen LogP contribution in [0.2, 0.25) is 0 Å². The molecule has 0 fully saturated rings. The Morgan fingerprint density at radius 3 is 1.34 bits per heavy atom. The van der Waals surface area contributed by atoms with Gasteiger partial charge in [-0.05, 0) is 41.5 Å². The summed E-state index contributed by atoms with van der Waals surface area (Å²) in [5.74, 6) is 0. The highest BCUT2D eigenvalue weighted by Gasteiger charge is 2.03. The molecule has 3 aromatic rings. The minimum atomic E-state index is 0.879. The number of hydrogen-bond acceptors (Lipinski definition) is 6. The van der Waals surface area contributed by atoms with Gasteiger partial charge < -0.3 is 26.6 Å². The lowest BCUT2D eigenvalue weighted by Crippen LogP contribution is -2.36. The van der Waals surface area contributed by atoms with Crippen molar-refractivity contribution in [2.45, 2.75) is 13.1 Å². The van der Waals surface area contributed by atoms with Gasteiger partial charge in [0.15, 0.2) is 0 Å². The Kier molecular flexibility index (Phi) is 7.39. The smallest absolute Gasteiger partial charge is 0.0709 e. The van der Waals surface area contributed by atoms with Crippen molar-refractivity contribution in [3.63, 3.8) is 0 Å². The van der Waals surface area contributed by atoms with Crippen molar-refractivity contribution >= 4 is 21.8 Å². The van der Waals surface area contributed by atoms with Crippen LogP contribution in [0.1, 0.15) is 11.1 Å². The molecule has 0 amide bonds. The lowest BCUT2D eigenvalue weighted by molar-refractivity contribution is 0.557. The maximum Gasteiger partial charge on any atom is 0.0709 e. The second-order valence-electron chi connectivity index (χ2n) is 7.65. The van der Waals surface area contributed by atoms with E-state index in [1.54, 1.807) is 0 Å². The summed E-state index contributed by atoms with van der Waals surface area (Å²) >= 11 is 0. The summed E-state index contributed by atoms with van der Waals surface area (Å²) in [4.78, 5) is 4.85. The molecule has 1 aromatic heterocycles. The zero-order valence-electron chi connectivity index (χ0n) is 17.1. The van der Waals surface area contributed by atoms with E-state index in [1.165, 1.54) is 21.9 Å². The van der Waals surface area contributed by atoms with Gasteiger partial charge in [-0.25, -0.2) is 4.98 Å². The lowest BCUT2D eigenvalue weighted by atomic mass is 10.1. The quantitative estimate of drug-likeness (QED) is 0.372. The summed E-state index contributed by atoms with van der Waals surface area (Å²) in [5, 5.41) is 19.9. The van der Waals surface area contributed by atoms with Crippen molar-refractivity contribution in [3.8, 4) is 0 Å². The molecule has 0 spiro atoms. The zero-order chi connectivity index (χ0) is 19.7. The molecule has 5 N–H and O–H groups in total. The molecule has 1 aliphatic rings. The van der Waals surface area contributed by atoms with E-state index in [1.807, 2.05) is 0 Å². The molecule has 0 saturated carbocycles. The van der Waals surface area contributed by atoms with Crippen LogP contribution in [0.5, 0.6) is 0 Å². The molecule has 2 heterocycles. The molecular weight excluding hydrogens is 360 g/mol. The van der Waals surface area contributed by atoms with Gasteiger partial charge in [0.05, 0.1) is 11.0 Å². The van der Waals surface area contributed by atoms with Gasteiger partial charge in [0.25, 0.3) is 0 Å². The molecule has 0 unspecified atom stereocenters. The highest BCUT2D eigenvalue weighted by molar-refractivity contribution is 5.93. The first-order chi connectivity index (χ1) is 14.4. The highest BCUT2D eigenvalue weighted by atomic mass is 15.0. The van der Waals surface area contributed by atoms with Gasteiger partial charge >= 0.3 is 0 Å². The number of pyridine rings is 1. The third kappa shape index (κ3) is 5.95. The summed E-state index contributed by atoms with van der Waals surface area (Å²) in [7, 11) is 0. The van der Waals surface area contributed by atoms with Crippen molar-refractivity contribution in [1.82, 2.24) is 31.6 Å². The SMILES string of the molecule is c1cc2nc3ccc4cc3cc2cc1CNCCNCCNCCNCCNC4. The highest BCUT2D eigenvalue weighted by Crippen LogP contribution is 2.22. The molecule has 154 valence electrons. The predicted molar refractivity (Wildman–Crippen MR) is 121 cm³/mol. The Labute approximate surface area is 172 Å². The first-order valence-electron chi connectivity index (χ1n) is 10.7. The van der Waals surface area contributed by atoms with E-state index in [4.69, 9.17) is 4.98 Å². The molecule has 1 aliphatic heterocycles. The lowest BCUT2D eigenvalue weighted by Gasteiger charge is -2.11. The molecule has 0 aliphatic carbocycles. The summed E-state index contributed by atoms with van der Waals surface area (Å²) in [6, 6.07) is 15.4. The van der Waals surface area contributed by atoms with E-state index in [-0.39, 0.29) is 0 Å². The van der Waals surface area contributed by atoms with Gasteiger partial charge in [0.1, 0.15) is 0 Å². The Morgan fingerprint density at radius 1 is 0.483 bits per heavy atom. The minimum Gasteiger partial charge on any atom is -0.314 e. The zero-order valence-corrected chi connectivity index (χ0v) is 17.1. The number of rotatable bonds is 0. The van der Waals surface area contributed by atoms with Gasteiger partial charge in [0, 0.05) is 76.2 Å². The van der Waals surface area contributed by atoms with Crippen LogP contribution < -0.4 is 26.6 Å². The standard InChI is InChI=1S/C23H32N6/c1-3-22-20-13-18(1)16-27-11-9-25-7-5-24-6-8-26-10-12-28-17-19-2-4-23(29-22)21(14-19)15-20/h1-4,13-15,24-28H,5-12,16-17H2. The molecule has 4 rings (SSSR count). The van der Waals surface area contributed by atoms with Crippen LogP contribution >= 0.6 is 0 Å². The van der Waals surface area contributed by atoms with Crippen molar-refractivity contribution in [2.24, 2.45) is 0 Å². The van der Waals surface area contributed by atoms with Crippen molar-refractivity contribution in [2.75, 3.05) is 52.4 Å². The van der Waals surface area contributed by atoms with Crippen LogP contribution in [0.4, 0.5) is 0 Å². The van der Waals surface area contributed by atoms with Crippen LogP contribution in [0.25, 0.3) is 21.8 Å². The van der Waals surface area contributed by atoms with Gasteiger partial charge in [-0.1, -0.05) is 12.1 Å². The number of fused-ring (bicyclic) bond motifs is 2. The van der Waals surface area contributed by atoms with Gasteiger partial charge in [-0.15, -0.1) is 0 Å². The maximum atomic E-state index is 4.85. The summed E-state index contributed by atoms with van der Waals surface area (Å²) in [6.45, 7) is 9.65. The Balaban J connectivity index is 1.49. The molecule has 2 aromatic carbocycles. The average molecular weight is 393 g/mol. The van der Waals surface area contributed by atoms with Crippen LogP contribution in [0.15, 0.2) is 42.5 Å². The normalized spacial score (nSPS) is 18.3.